The van der Waals surface area contributed by atoms with Gasteiger partial charge in [0.05, 0.1) is 5.30 Å². The lowest BCUT2D eigenvalue weighted by Gasteiger charge is -2.23. The van der Waals surface area contributed by atoms with Crippen LogP contribution in [0.4, 0.5) is 0 Å². The molecule has 0 amide bonds. The van der Waals surface area contributed by atoms with Crippen molar-refractivity contribution < 1.29 is 22.7 Å². The average Bonchev–Trinajstić information content (AvgIpc) is 3.05. The van der Waals surface area contributed by atoms with Crippen molar-refractivity contribution in [3.8, 4) is 34.7 Å². The molecule has 234 valence electrons. The fourth-order valence-electron chi connectivity index (χ4n) is 5.78. The highest BCUT2D eigenvalue weighted by Gasteiger charge is 2.34. The van der Waals surface area contributed by atoms with Gasteiger partial charge >= 0.3 is 7.60 Å². The predicted molar refractivity (Wildman–Crippen MR) is 195 cm³/mol. The normalized spacial score (nSPS) is 14.9. The molecule has 46 heavy (non-hydrogen) atoms. The highest BCUT2D eigenvalue weighted by molar-refractivity contribution is 7.77. The third-order valence-corrected chi connectivity index (χ3v) is 15.1. The molecular formula is C38H37O5P3. The molecule has 2 atom stereocenters. The summed E-state index contributed by atoms with van der Waals surface area (Å²) in [5.41, 5.74) is 6.00. The molecule has 0 aromatic heterocycles. The molecule has 0 radical (unpaired) electrons. The van der Waals surface area contributed by atoms with Gasteiger partial charge in [0.1, 0.15) is 11.5 Å². The Kier molecular flexibility index (Phi) is 10.3. The van der Waals surface area contributed by atoms with E-state index < -0.39 is 21.9 Å². The number of hydrogen-bond acceptors (Lipinski definition) is 5. The molecule has 0 heterocycles. The fraction of sp³-hybridized carbons (Fsp3) is 0.211. The Morgan fingerprint density at radius 3 is 1.35 bits per heavy atom. The van der Waals surface area contributed by atoms with Gasteiger partial charge in [-0.15, -0.1) is 0 Å². The van der Waals surface area contributed by atoms with E-state index in [-0.39, 0.29) is 0 Å². The van der Waals surface area contributed by atoms with Crippen molar-refractivity contribution >= 4 is 59.3 Å². The minimum atomic E-state index is -4.08. The van der Waals surface area contributed by atoms with E-state index >= 15 is 4.57 Å². The van der Waals surface area contributed by atoms with E-state index in [1.807, 2.05) is 68.4 Å². The first-order valence-corrected chi connectivity index (χ1v) is 20.7. The summed E-state index contributed by atoms with van der Waals surface area (Å²) in [5.74, 6) is 6.41. The smallest absolute Gasteiger partial charge is 0.412 e. The number of benzene rings is 5. The van der Waals surface area contributed by atoms with Gasteiger partial charge in [-0.3, -0.25) is 0 Å². The fourth-order valence-corrected chi connectivity index (χ4v) is 12.1. The van der Waals surface area contributed by atoms with Crippen molar-refractivity contribution in [1.29, 1.82) is 0 Å². The second-order valence-electron chi connectivity index (χ2n) is 10.9. The largest absolute Gasteiger partial charge is 0.462 e. The standard InChI is InChI=1S/C38H37O5P3/c1-5-26-44(39,27-6-2)37-24-14-18-31-33(37)20-12-22-35(31)42-46(41,30-16-10-9-11-17-30)43-36-23-13-21-34-32(36)19-15-25-38(34)45(40,28-7-3)29-8-4/h9-25H,5,7,26,28H2,1-4H3. The molecule has 5 nitrogen and oxygen atoms in total. The van der Waals surface area contributed by atoms with Crippen LogP contribution in [0.5, 0.6) is 11.5 Å². The molecule has 0 aliphatic heterocycles. The van der Waals surface area contributed by atoms with Crippen LogP contribution in [-0.2, 0) is 13.7 Å². The maximum Gasteiger partial charge on any atom is 0.462 e. The molecule has 0 saturated heterocycles. The molecule has 5 aromatic rings. The summed E-state index contributed by atoms with van der Waals surface area (Å²) in [4.78, 5) is 0. The lowest BCUT2D eigenvalue weighted by molar-refractivity contribution is 0.402. The third kappa shape index (κ3) is 6.61. The topological polar surface area (TPSA) is 69.7 Å². The Morgan fingerprint density at radius 2 is 0.935 bits per heavy atom. The monoisotopic (exact) mass is 666 g/mol. The van der Waals surface area contributed by atoms with Gasteiger partial charge in [0.15, 0.2) is 14.3 Å². The Labute approximate surface area is 272 Å². The first-order chi connectivity index (χ1) is 22.2. The Bertz CT molecular complexity index is 2030. The van der Waals surface area contributed by atoms with Gasteiger partial charge in [0.25, 0.3) is 0 Å². The average molecular weight is 667 g/mol. The van der Waals surface area contributed by atoms with Crippen LogP contribution in [0.25, 0.3) is 21.5 Å². The first kappa shape index (κ1) is 33.4. The molecule has 5 rings (SSSR count). The van der Waals surface area contributed by atoms with Crippen molar-refractivity contribution in [1.82, 2.24) is 0 Å². The van der Waals surface area contributed by atoms with Crippen LogP contribution >= 0.6 is 21.9 Å². The molecule has 0 aliphatic rings. The van der Waals surface area contributed by atoms with Gasteiger partial charge in [0.2, 0.25) is 0 Å². The predicted octanol–water partition coefficient (Wildman–Crippen LogP) is 9.73. The zero-order valence-electron chi connectivity index (χ0n) is 26.5. The van der Waals surface area contributed by atoms with Crippen LogP contribution in [-0.4, -0.2) is 12.3 Å². The highest BCUT2D eigenvalue weighted by Crippen LogP contribution is 2.52. The summed E-state index contributed by atoms with van der Waals surface area (Å²) >= 11 is 0. The SMILES string of the molecule is CC#CP(=O)(CCC)c1cccc2c(OP(=O)(Oc3cccc4c(P(=O)(C#CC)CCC)cccc34)c3ccccc3)cccc12. The van der Waals surface area contributed by atoms with E-state index in [4.69, 9.17) is 9.05 Å². The van der Waals surface area contributed by atoms with Crippen molar-refractivity contribution in [3.63, 3.8) is 0 Å². The van der Waals surface area contributed by atoms with E-state index in [2.05, 4.69) is 23.2 Å². The van der Waals surface area contributed by atoms with Crippen LogP contribution in [0.2, 0.25) is 0 Å². The lowest BCUT2D eigenvalue weighted by Crippen LogP contribution is -2.15. The molecule has 0 fully saturated rings. The summed E-state index contributed by atoms with van der Waals surface area (Å²) in [7, 11) is -10.1. The Morgan fingerprint density at radius 1 is 0.522 bits per heavy atom. The van der Waals surface area contributed by atoms with E-state index in [0.717, 1.165) is 23.6 Å². The molecule has 0 spiro atoms. The van der Waals surface area contributed by atoms with Crippen molar-refractivity contribution in [2.45, 2.75) is 40.5 Å². The lowest BCUT2D eigenvalue weighted by atomic mass is 10.1. The summed E-state index contributed by atoms with van der Waals surface area (Å²) < 4.78 is 56.1. The summed E-state index contributed by atoms with van der Waals surface area (Å²) in [6.45, 7) is 7.39. The summed E-state index contributed by atoms with van der Waals surface area (Å²) in [6, 6.07) is 30.8. The minimum absolute atomic E-state index is 0.339. The third-order valence-electron chi connectivity index (χ3n) is 7.67. The molecule has 8 heteroatoms. The van der Waals surface area contributed by atoms with E-state index in [1.165, 1.54) is 0 Å². The van der Waals surface area contributed by atoms with Gasteiger partial charge in [-0.2, -0.15) is 0 Å². The molecule has 0 saturated carbocycles. The first-order valence-electron chi connectivity index (χ1n) is 15.4. The molecule has 0 bridgehead atoms. The summed E-state index contributed by atoms with van der Waals surface area (Å²) in [6.07, 6.45) is 2.37. The van der Waals surface area contributed by atoms with Crippen molar-refractivity contribution in [2.75, 3.05) is 12.3 Å². The van der Waals surface area contributed by atoms with Gasteiger partial charge in [0, 0.05) is 33.7 Å². The van der Waals surface area contributed by atoms with Crippen molar-refractivity contribution in [3.05, 3.63) is 103 Å². The minimum Gasteiger partial charge on any atom is -0.412 e. The van der Waals surface area contributed by atoms with Gasteiger partial charge < -0.3 is 18.2 Å². The summed E-state index contributed by atoms with van der Waals surface area (Å²) in [5, 5.41) is 4.49. The van der Waals surface area contributed by atoms with E-state index in [9.17, 15) is 9.13 Å². The number of hydrogen-bond donors (Lipinski definition) is 0. The zero-order valence-corrected chi connectivity index (χ0v) is 29.2. The molecule has 0 aliphatic carbocycles. The Balaban J connectivity index is 1.66. The van der Waals surface area contributed by atoms with Gasteiger partial charge in [-0.05, 0) is 85.2 Å². The maximum atomic E-state index is 15.0. The zero-order chi connectivity index (χ0) is 32.8. The van der Waals surface area contributed by atoms with E-state index in [0.29, 0.717) is 50.5 Å². The molecule has 2 unspecified atom stereocenters. The maximum absolute atomic E-state index is 15.0. The van der Waals surface area contributed by atoms with Crippen LogP contribution in [0.15, 0.2) is 103 Å². The van der Waals surface area contributed by atoms with Gasteiger partial charge in [-0.1, -0.05) is 92.4 Å². The second-order valence-corrected chi connectivity index (χ2v) is 18.1. The second kappa shape index (κ2) is 14.2. The molecular weight excluding hydrogens is 629 g/mol. The van der Waals surface area contributed by atoms with Crippen molar-refractivity contribution in [2.24, 2.45) is 0 Å². The van der Waals surface area contributed by atoms with Crippen LogP contribution in [0.1, 0.15) is 40.5 Å². The quantitative estimate of drug-likeness (QED) is 0.104. The van der Waals surface area contributed by atoms with E-state index in [1.54, 1.807) is 62.4 Å². The molecule has 5 aromatic carbocycles. The van der Waals surface area contributed by atoms with Gasteiger partial charge in [-0.25, -0.2) is 4.57 Å². The highest BCUT2D eigenvalue weighted by atomic mass is 31.2. The molecule has 0 N–H and O–H groups in total. The Hall–Kier alpha value is -3.97. The van der Waals surface area contributed by atoms with Crippen LogP contribution in [0.3, 0.4) is 0 Å². The van der Waals surface area contributed by atoms with Crippen LogP contribution < -0.4 is 25.0 Å². The van der Waals surface area contributed by atoms with Crippen LogP contribution in [0, 0.1) is 23.2 Å². The number of fused-ring (bicyclic) bond motifs is 2. The number of rotatable bonds is 11.